The maximum absolute atomic E-state index is 12.2. The molecule has 0 bridgehead atoms. The number of ether oxygens (including phenoxy) is 2. The molecule has 0 aromatic heterocycles. The number of aliphatic hydroxyl groups is 1. The van der Waals surface area contributed by atoms with E-state index in [0.29, 0.717) is 53.6 Å². The van der Waals surface area contributed by atoms with E-state index in [1.807, 2.05) is 0 Å². The van der Waals surface area contributed by atoms with Crippen molar-refractivity contribution in [2.75, 3.05) is 6.61 Å². The molecule has 2 saturated heterocycles. The largest absolute Gasteiger partial charge is 0.393 e. The van der Waals surface area contributed by atoms with Gasteiger partial charge in [-0.15, -0.1) is 0 Å². The second-order valence-corrected chi connectivity index (χ2v) is 13.1. The Hall–Kier alpha value is -0.450. The lowest BCUT2D eigenvalue weighted by Crippen LogP contribution is -2.59. The highest BCUT2D eigenvalue weighted by molar-refractivity contribution is 5.79. The van der Waals surface area contributed by atoms with Gasteiger partial charge in [-0.1, -0.05) is 27.7 Å². The Morgan fingerprint density at radius 1 is 1.03 bits per heavy atom. The quantitative estimate of drug-likeness (QED) is 0.589. The van der Waals surface area contributed by atoms with Gasteiger partial charge in [-0.25, -0.2) is 0 Å². The van der Waals surface area contributed by atoms with E-state index in [1.54, 1.807) is 0 Å². The lowest BCUT2D eigenvalue weighted by molar-refractivity contribution is -0.274. The summed E-state index contributed by atoms with van der Waals surface area (Å²) < 4.78 is 13.3. The van der Waals surface area contributed by atoms with Gasteiger partial charge >= 0.3 is 0 Å². The summed E-state index contributed by atoms with van der Waals surface area (Å²) in [6, 6.07) is 0. The molecule has 31 heavy (non-hydrogen) atoms. The van der Waals surface area contributed by atoms with Gasteiger partial charge in [0.1, 0.15) is 5.78 Å². The minimum absolute atomic E-state index is 0.131. The Balaban J connectivity index is 1.30. The zero-order chi connectivity index (χ0) is 21.8. The first-order chi connectivity index (χ1) is 14.7. The molecule has 1 N–H and O–H groups in total. The summed E-state index contributed by atoms with van der Waals surface area (Å²) in [5.74, 6) is 3.61. The van der Waals surface area contributed by atoms with Crippen LogP contribution in [0.15, 0.2) is 0 Å². The molecule has 4 heteroatoms. The Bertz CT molecular complexity index is 756. The van der Waals surface area contributed by atoms with Gasteiger partial charge in [-0.05, 0) is 84.9 Å². The summed E-state index contributed by atoms with van der Waals surface area (Å²) in [6.07, 6.45) is 9.07. The van der Waals surface area contributed by atoms with E-state index in [2.05, 4.69) is 27.7 Å². The molecule has 2 aliphatic heterocycles. The van der Waals surface area contributed by atoms with Gasteiger partial charge in [-0.3, -0.25) is 4.79 Å². The van der Waals surface area contributed by atoms with Crippen molar-refractivity contribution in [3.63, 3.8) is 0 Å². The van der Waals surface area contributed by atoms with Crippen LogP contribution in [0.25, 0.3) is 0 Å². The zero-order valence-corrected chi connectivity index (χ0v) is 19.9. The fourth-order valence-electron chi connectivity index (χ4n) is 10.2. The van der Waals surface area contributed by atoms with E-state index in [1.165, 1.54) is 19.3 Å². The van der Waals surface area contributed by atoms with Crippen LogP contribution in [-0.2, 0) is 14.3 Å². The first kappa shape index (κ1) is 21.1. The fourth-order valence-corrected chi connectivity index (χ4v) is 10.2. The van der Waals surface area contributed by atoms with Crippen molar-refractivity contribution in [1.29, 1.82) is 0 Å². The topological polar surface area (TPSA) is 55.8 Å². The van der Waals surface area contributed by atoms with Crippen LogP contribution in [0.3, 0.4) is 0 Å². The van der Waals surface area contributed by atoms with E-state index in [-0.39, 0.29) is 28.8 Å². The lowest BCUT2D eigenvalue weighted by atomic mass is 9.43. The van der Waals surface area contributed by atoms with Crippen molar-refractivity contribution in [3.05, 3.63) is 0 Å². The summed E-state index contributed by atoms with van der Waals surface area (Å²) in [7, 11) is 0. The summed E-state index contributed by atoms with van der Waals surface area (Å²) in [5.41, 5.74) is 0.264. The number of hydrogen-bond donors (Lipinski definition) is 1. The van der Waals surface area contributed by atoms with Crippen molar-refractivity contribution in [2.24, 2.45) is 52.3 Å². The molecule has 4 nitrogen and oxygen atoms in total. The summed E-state index contributed by atoms with van der Waals surface area (Å²) >= 11 is 0. The number of carbonyl (C=O) groups is 1. The molecule has 0 radical (unpaired) electrons. The van der Waals surface area contributed by atoms with Crippen molar-refractivity contribution in [3.8, 4) is 0 Å². The van der Waals surface area contributed by atoms with Gasteiger partial charge in [0.25, 0.3) is 0 Å². The number of Topliss-reactive ketones (excluding diaryl/α,β-unsaturated/α-hetero) is 1. The Morgan fingerprint density at radius 3 is 2.58 bits per heavy atom. The van der Waals surface area contributed by atoms with E-state index >= 15 is 0 Å². The molecule has 0 aromatic carbocycles. The van der Waals surface area contributed by atoms with E-state index in [4.69, 9.17) is 9.47 Å². The first-order valence-corrected chi connectivity index (χ1v) is 13.2. The number of hydrogen-bond acceptors (Lipinski definition) is 4. The number of fused-ring (bicyclic) bond motifs is 7. The molecule has 0 amide bonds. The predicted molar refractivity (Wildman–Crippen MR) is 118 cm³/mol. The van der Waals surface area contributed by atoms with Crippen LogP contribution in [-0.4, -0.2) is 35.5 Å². The Labute approximate surface area is 187 Å². The van der Waals surface area contributed by atoms with Crippen LogP contribution < -0.4 is 0 Å². The third-order valence-corrected chi connectivity index (χ3v) is 11.7. The average Bonchev–Trinajstić information content (AvgIpc) is 3.15. The maximum Gasteiger partial charge on any atom is 0.171 e. The van der Waals surface area contributed by atoms with Crippen LogP contribution >= 0.6 is 0 Å². The van der Waals surface area contributed by atoms with Gasteiger partial charge in [0.2, 0.25) is 0 Å². The number of carbonyl (C=O) groups excluding carboxylic acids is 1. The molecule has 12 atom stereocenters. The SMILES string of the molecule is C[C@H]1CC[C@@]2(OC1)O[C@@H]1C[C@@H]3[C@@H]4CC[C@H]5CC(=O)CC[C@]5(C)[C@H]4[C@H](O)C[C@]3(C)[C@H]1[C@@H]2C. The molecule has 174 valence electrons. The third-order valence-electron chi connectivity index (χ3n) is 11.7. The van der Waals surface area contributed by atoms with E-state index in [9.17, 15) is 9.90 Å². The highest BCUT2D eigenvalue weighted by Gasteiger charge is 2.70. The summed E-state index contributed by atoms with van der Waals surface area (Å²) in [6.45, 7) is 10.4. The van der Waals surface area contributed by atoms with Crippen molar-refractivity contribution in [1.82, 2.24) is 0 Å². The summed E-state index contributed by atoms with van der Waals surface area (Å²) in [4.78, 5) is 12.2. The molecule has 1 spiro atoms. The molecular formula is C27H42O4. The van der Waals surface area contributed by atoms with E-state index < -0.39 is 0 Å². The van der Waals surface area contributed by atoms with Crippen molar-refractivity contribution in [2.45, 2.75) is 103 Å². The molecule has 6 fully saturated rings. The summed E-state index contributed by atoms with van der Waals surface area (Å²) in [5, 5.41) is 11.7. The standard InChI is InChI=1S/C27H42O4/c1-15-7-10-27(30-14-15)16(2)23-22(31-27)12-20-19-6-5-17-11-18(28)8-9-25(17,3)24(19)21(29)13-26(20,23)4/h15-17,19-24,29H,5-14H2,1-4H3/t15-,16-,17-,19-,20+,21+,22+,23-,24+,25-,26-,27+/m0/s1. The Morgan fingerprint density at radius 2 is 1.84 bits per heavy atom. The molecule has 0 unspecified atom stereocenters. The van der Waals surface area contributed by atoms with Crippen molar-refractivity contribution >= 4 is 5.78 Å². The smallest absolute Gasteiger partial charge is 0.171 e. The third kappa shape index (κ3) is 2.74. The minimum atomic E-state index is -0.384. The molecule has 4 saturated carbocycles. The Kier molecular flexibility index (Phi) is 4.62. The second kappa shape index (κ2) is 6.79. The highest BCUT2D eigenvalue weighted by atomic mass is 16.7. The van der Waals surface area contributed by atoms with Crippen LogP contribution in [0, 0.1) is 52.3 Å². The zero-order valence-electron chi connectivity index (χ0n) is 19.9. The molecule has 4 aliphatic carbocycles. The van der Waals surface area contributed by atoms with Crippen LogP contribution in [0.4, 0.5) is 0 Å². The maximum atomic E-state index is 12.2. The van der Waals surface area contributed by atoms with Gasteiger partial charge in [0.05, 0.1) is 18.8 Å². The average molecular weight is 431 g/mol. The first-order valence-electron chi connectivity index (χ1n) is 13.2. The molecular weight excluding hydrogens is 388 g/mol. The monoisotopic (exact) mass is 430 g/mol. The lowest BCUT2D eigenvalue weighted by Gasteiger charge is -2.62. The van der Waals surface area contributed by atoms with Crippen LogP contribution in [0.2, 0.25) is 0 Å². The normalized spacial score (nSPS) is 60.9. The van der Waals surface area contributed by atoms with Crippen LogP contribution in [0.5, 0.6) is 0 Å². The second-order valence-electron chi connectivity index (χ2n) is 13.1. The highest BCUT2D eigenvalue weighted by Crippen LogP contribution is 2.71. The number of rotatable bonds is 0. The number of ketones is 1. The fraction of sp³-hybridized carbons (Fsp3) is 0.963. The van der Waals surface area contributed by atoms with Crippen molar-refractivity contribution < 1.29 is 19.4 Å². The van der Waals surface area contributed by atoms with E-state index in [0.717, 1.165) is 38.7 Å². The molecule has 0 aromatic rings. The number of aliphatic hydroxyl groups excluding tert-OH is 1. The predicted octanol–water partition coefficient (Wildman–Crippen LogP) is 4.97. The van der Waals surface area contributed by atoms with Gasteiger partial charge in [0.15, 0.2) is 5.79 Å². The minimum Gasteiger partial charge on any atom is -0.393 e. The molecule has 2 heterocycles. The van der Waals surface area contributed by atoms with Gasteiger partial charge in [-0.2, -0.15) is 0 Å². The molecule has 6 rings (SSSR count). The van der Waals surface area contributed by atoms with Crippen LogP contribution in [0.1, 0.15) is 85.5 Å². The molecule has 6 aliphatic rings. The van der Waals surface area contributed by atoms with Gasteiger partial charge < -0.3 is 14.6 Å². The van der Waals surface area contributed by atoms with Gasteiger partial charge in [0, 0.05) is 25.2 Å².